The van der Waals surface area contributed by atoms with Crippen LogP contribution in [0, 0.1) is 21.7 Å². The third-order valence-corrected chi connectivity index (χ3v) is 17.9. The van der Waals surface area contributed by atoms with Crippen LogP contribution in [-0.4, -0.2) is 227 Å². The number of esters is 6. The van der Waals surface area contributed by atoms with Crippen molar-refractivity contribution in [3.05, 3.63) is 0 Å². The second kappa shape index (κ2) is 30.3. The van der Waals surface area contributed by atoms with Crippen LogP contribution in [0.1, 0.15) is 203 Å². The standard InChI is InChI=1S/C20H32N2O7.C19H30N2O7.C15H26N2O4.C14H24N2O4/c1-7-27-15(24)10-14(23)21-20(8-9-20)19(16(25)28-13(2)3)11-22(12-19)17(26)29-18(4,5)6;1-6-26-14(23)10-13(22)20-19(8-9-19)18(15(24)27-7-2)11-21(12-18)16(25)28-17(3,4)5;1-10(2)20-11(18)14(15(16)6-7-15)8-17(9-14)12(19)21-13(3,4)5;1-5-19-10(17)13(14(15)6-7-14)8-16(9-13)11(18)20-12(2,3)4/h13H,7-12H2,1-6H3,(H,21,23);6-12H2,1-5H3,(H,20,22);10H,6-9,16H2,1-5H3;5-9,15H2,1-4H3. The average Bonchev–Trinajstić information content (AvgIpc) is 1.55. The molecule has 0 bridgehead atoms. The highest BCUT2D eigenvalue weighted by atomic mass is 16.6. The summed E-state index contributed by atoms with van der Waals surface area (Å²) in [5.74, 6) is -3.75. The number of nitrogens with two attached hydrogens (primary N) is 2. The third-order valence-electron chi connectivity index (χ3n) is 17.9. The van der Waals surface area contributed by atoms with Crippen molar-refractivity contribution in [1.29, 1.82) is 0 Å². The predicted octanol–water partition coefficient (Wildman–Crippen LogP) is 6.11. The van der Waals surface area contributed by atoms with Gasteiger partial charge in [0.25, 0.3) is 0 Å². The molecule has 6 amide bonds. The molecule has 556 valence electrons. The van der Waals surface area contributed by atoms with Gasteiger partial charge in [-0.1, -0.05) is 0 Å². The fourth-order valence-corrected chi connectivity index (χ4v) is 12.2. The lowest BCUT2D eigenvalue weighted by Crippen LogP contribution is -2.72. The van der Waals surface area contributed by atoms with Crippen LogP contribution in [0.2, 0.25) is 0 Å². The van der Waals surface area contributed by atoms with E-state index in [1.165, 1.54) is 19.6 Å². The van der Waals surface area contributed by atoms with Gasteiger partial charge in [-0.3, -0.25) is 38.4 Å². The van der Waals surface area contributed by atoms with Crippen LogP contribution in [0.5, 0.6) is 0 Å². The summed E-state index contributed by atoms with van der Waals surface area (Å²) < 4.78 is 52.2. The van der Waals surface area contributed by atoms with Crippen LogP contribution in [0.25, 0.3) is 0 Å². The maximum atomic E-state index is 13.0. The summed E-state index contributed by atoms with van der Waals surface area (Å²) in [5, 5.41) is 5.67. The molecule has 30 nitrogen and oxygen atoms in total. The zero-order chi connectivity index (χ0) is 74.4. The van der Waals surface area contributed by atoms with E-state index >= 15 is 0 Å². The normalized spacial score (nSPS) is 20.6. The van der Waals surface area contributed by atoms with Gasteiger partial charge in [-0.25, -0.2) is 19.2 Å². The minimum Gasteiger partial charge on any atom is -0.466 e. The highest BCUT2D eigenvalue weighted by Crippen LogP contribution is 2.58. The summed E-state index contributed by atoms with van der Waals surface area (Å²) in [6.07, 6.45) is 2.28. The van der Waals surface area contributed by atoms with Crippen molar-refractivity contribution in [2.75, 3.05) is 78.8 Å². The van der Waals surface area contributed by atoms with E-state index in [-0.39, 0.29) is 96.3 Å². The minimum absolute atomic E-state index is 0.0904. The van der Waals surface area contributed by atoms with Crippen molar-refractivity contribution in [1.82, 2.24) is 30.2 Å². The topological polar surface area (TPSA) is 386 Å². The summed E-state index contributed by atoms with van der Waals surface area (Å²) in [6.45, 7) is 37.8. The number of hydrogen-bond acceptors (Lipinski definition) is 24. The largest absolute Gasteiger partial charge is 0.466 e. The van der Waals surface area contributed by atoms with Gasteiger partial charge in [-0.05, 0) is 190 Å². The van der Waals surface area contributed by atoms with Crippen LogP contribution in [0.15, 0.2) is 0 Å². The maximum Gasteiger partial charge on any atom is 0.410 e. The van der Waals surface area contributed by atoms with E-state index in [0.717, 1.165) is 25.7 Å². The Bertz CT molecular complexity index is 2950. The van der Waals surface area contributed by atoms with Gasteiger partial charge in [0.15, 0.2) is 0 Å². The van der Waals surface area contributed by atoms with Crippen LogP contribution in [0.3, 0.4) is 0 Å². The van der Waals surface area contributed by atoms with Crippen molar-refractivity contribution in [3.63, 3.8) is 0 Å². The van der Waals surface area contributed by atoms with Gasteiger partial charge in [-0.15, -0.1) is 0 Å². The van der Waals surface area contributed by atoms with Crippen molar-refractivity contribution in [2.24, 2.45) is 33.1 Å². The molecule has 8 rings (SSSR count). The second-order valence-electron chi connectivity index (χ2n) is 31.6. The minimum atomic E-state index is -1.06. The number of ether oxygens (including phenoxy) is 10. The molecule has 0 aromatic rings. The summed E-state index contributed by atoms with van der Waals surface area (Å²) >= 11 is 0. The molecule has 8 aliphatic rings. The molecule has 98 heavy (non-hydrogen) atoms. The first kappa shape index (κ1) is 81.4. The van der Waals surface area contributed by atoms with Crippen LogP contribution < -0.4 is 22.1 Å². The fourth-order valence-electron chi connectivity index (χ4n) is 12.2. The number of likely N-dealkylation sites (tertiary alicyclic amines) is 4. The maximum absolute atomic E-state index is 13.0. The van der Waals surface area contributed by atoms with Crippen molar-refractivity contribution in [3.8, 4) is 0 Å². The molecule has 0 radical (unpaired) electrons. The van der Waals surface area contributed by atoms with E-state index in [4.69, 9.17) is 58.8 Å². The smallest absolute Gasteiger partial charge is 0.410 e. The SMILES string of the molecule is CC(C)OC(=O)C1(C2(N)CC2)CN(C(=O)OC(C)(C)C)C1.CCOC(=O)C1(C2(N)CC2)CN(C(=O)OC(C)(C)C)C1.CCOC(=O)CC(=O)NC1(C2(C(=O)OC(C)C)CN(C(=O)OC(C)(C)C)C2)CC1.CCOC(=O)CC(=O)NC1(C2(C(=O)OCC)CN(C(=O)OC(C)(C)C)C2)CC1. The van der Waals surface area contributed by atoms with Gasteiger partial charge in [0, 0.05) is 63.4 Å². The number of rotatable bonds is 20. The zero-order valence-electron chi connectivity index (χ0n) is 61.6. The highest BCUT2D eigenvalue weighted by molar-refractivity contribution is 5.97. The molecule has 0 aromatic heterocycles. The lowest BCUT2D eigenvalue weighted by atomic mass is 9.71. The Balaban J connectivity index is 0.000000239. The van der Waals surface area contributed by atoms with Crippen LogP contribution >= 0.6 is 0 Å². The van der Waals surface area contributed by atoms with Crippen LogP contribution in [-0.2, 0) is 85.7 Å². The Labute approximate surface area is 576 Å². The molecule has 0 unspecified atom stereocenters. The second-order valence-corrected chi connectivity index (χ2v) is 31.6. The van der Waals surface area contributed by atoms with Gasteiger partial charge >= 0.3 is 60.2 Å². The molecule has 0 atom stereocenters. The summed E-state index contributed by atoms with van der Waals surface area (Å²) in [7, 11) is 0. The first-order chi connectivity index (χ1) is 44.9. The van der Waals surface area contributed by atoms with Gasteiger partial charge in [0.1, 0.15) is 56.9 Å². The molecule has 4 saturated heterocycles. The number of amides is 6. The van der Waals surface area contributed by atoms with Gasteiger partial charge in [0.2, 0.25) is 11.8 Å². The fraction of sp³-hybridized carbons (Fsp3) is 0.824. The molecule has 4 heterocycles. The Hall–Kier alpha value is -7.24. The molecule has 0 spiro atoms. The van der Waals surface area contributed by atoms with E-state index in [1.807, 2.05) is 55.4 Å². The van der Waals surface area contributed by atoms with E-state index in [0.29, 0.717) is 32.3 Å². The first-order valence-electron chi connectivity index (χ1n) is 34.1. The lowest BCUT2D eigenvalue weighted by Gasteiger charge is -2.52. The Morgan fingerprint density at radius 2 is 0.582 bits per heavy atom. The van der Waals surface area contributed by atoms with Crippen molar-refractivity contribution < 1.29 is 105 Å². The van der Waals surface area contributed by atoms with Crippen LogP contribution in [0.4, 0.5) is 19.2 Å². The van der Waals surface area contributed by atoms with Crippen molar-refractivity contribution >= 4 is 72.0 Å². The van der Waals surface area contributed by atoms with Gasteiger partial charge in [0.05, 0.1) is 49.7 Å². The Morgan fingerprint density at radius 3 is 0.806 bits per heavy atom. The van der Waals surface area contributed by atoms with Gasteiger partial charge in [-0.2, -0.15) is 0 Å². The Morgan fingerprint density at radius 1 is 0.357 bits per heavy atom. The first-order valence-corrected chi connectivity index (χ1v) is 34.1. The molecule has 8 fully saturated rings. The zero-order valence-corrected chi connectivity index (χ0v) is 61.6. The predicted molar refractivity (Wildman–Crippen MR) is 352 cm³/mol. The van der Waals surface area contributed by atoms with Crippen molar-refractivity contribution in [2.45, 2.75) is 259 Å². The quantitative estimate of drug-likeness (QED) is 0.0606. The number of nitrogens with one attached hydrogen (secondary N) is 2. The molecular weight excluding hydrogens is 1280 g/mol. The lowest BCUT2D eigenvalue weighted by molar-refractivity contribution is -0.176. The summed E-state index contributed by atoms with van der Waals surface area (Å²) in [4.78, 5) is 153. The summed E-state index contributed by atoms with van der Waals surface area (Å²) in [6, 6.07) is 0. The molecule has 6 N–H and O–H groups in total. The third kappa shape index (κ3) is 19.6. The van der Waals surface area contributed by atoms with E-state index in [9.17, 15) is 57.5 Å². The monoisotopic (exact) mass is 1390 g/mol. The summed E-state index contributed by atoms with van der Waals surface area (Å²) in [5.41, 5.74) is 3.80. The molecule has 4 aliphatic carbocycles. The molecule has 30 heteroatoms. The van der Waals surface area contributed by atoms with Gasteiger partial charge < -0.3 is 89.1 Å². The molecule has 0 aromatic carbocycles. The Kier molecular flexibility index (Phi) is 25.2. The molecular formula is C68H112N8O22. The number of carbonyl (C=O) groups is 12. The van der Waals surface area contributed by atoms with E-state index in [2.05, 4.69) is 10.6 Å². The highest BCUT2D eigenvalue weighted by Gasteiger charge is 2.74. The van der Waals surface area contributed by atoms with E-state index in [1.54, 1.807) is 83.1 Å². The number of hydrogen-bond donors (Lipinski definition) is 4. The molecule has 4 aliphatic heterocycles. The molecule has 4 saturated carbocycles. The van der Waals surface area contributed by atoms with E-state index < -0.39 is 139 Å². The average molecular weight is 1390 g/mol. The number of carbonyl (C=O) groups excluding carboxylic acids is 12. The number of nitrogens with zero attached hydrogens (tertiary/aromatic N) is 4.